The largest absolute Gasteiger partial charge is 0.450 e. The van der Waals surface area contributed by atoms with Crippen LogP contribution in [0.25, 0.3) is 0 Å². The molecule has 0 aromatic heterocycles. The number of carbonyl (C=O) groups is 9. The van der Waals surface area contributed by atoms with Crippen LogP contribution in [0, 0.1) is 29.6 Å². The van der Waals surface area contributed by atoms with Crippen LogP contribution in [0.5, 0.6) is 0 Å². The minimum absolute atomic E-state index is 0.0153. The maximum atomic E-state index is 14.7. The molecule has 0 bridgehead atoms. The van der Waals surface area contributed by atoms with Crippen molar-refractivity contribution in [1.29, 1.82) is 0 Å². The summed E-state index contributed by atoms with van der Waals surface area (Å²) in [6.45, 7) is 22.0. The first-order valence-electron chi connectivity index (χ1n) is 25.8. The second kappa shape index (κ2) is 26.4. The zero-order valence-electron chi connectivity index (χ0n) is 45.7. The van der Waals surface area contributed by atoms with E-state index < -0.39 is 137 Å². The van der Waals surface area contributed by atoms with Crippen LogP contribution in [0.3, 0.4) is 0 Å². The maximum Gasteiger partial charge on any atom is 0.332 e. The fraction of sp³-hybridized carbons (Fsp3) is 0.717. The Morgan fingerprint density at radius 2 is 1.19 bits per heavy atom. The van der Waals surface area contributed by atoms with E-state index in [1.165, 1.54) is 56.6 Å². The van der Waals surface area contributed by atoms with E-state index in [0.717, 1.165) is 4.90 Å². The number of rotatable bonds is 11. The predicted octanol–water partition coefficient (Wildman–Crippen LogP) is 2.81. The summed E-state index contributed by atoms with van der Waals surface area (Å²) < 4.78 is 6.03. The monoisotopic (exact) mass is 1010 g/mol. The molecular formula is C53H86N8O11. The highest BCUT2D eigenvalue weighted by atomic mass is 16.6. The number of nitrogens with one attached hydrogen (secondary N) is 4. The number of likely N-dealkylation sites (N-methyl/N-ethyl adjacent to an activating group) is 3. The number of benzene rings is 1. The topological polar surface area (TPSA) is 244 Å². The molecule has 19 nitrogen and oxygen atoms in total. The van der Waals surface area contributed by atoms with Gasteiger partial charge in [0.1, 0.15) is 42.3 Å². The number of aliphatic hydroxyl groups is 1. The fourth-order valence-electron chi connectivity index (χ4n) is 9.51. The zero-order chi connectivity index (χ0) is 54.7. The molecule has 5 N–H and O–H groups in total. The summed E-state index contributed by atoms with van der Waals surface area (Å²) in [5.41, 5.74) is -1.26. The Morgan fingerprint density at radius 3 is 1.72 bits per heavy atom. The van der Waals surface area contributed by atoms with Crippen molar-refractivity contribution < 1.29 is 53.0 Å². The van der Waals surface area contributed by atoms with Gasteiger partial charge in [-0.2, -0.15) is 0 Å². The Hall–Kier alpha value is -5.59. The van der Waals surface area contributed by atoms with E-state index in [1.807, 2.05) is 26.8 Å². The van der Waals surface area contributed by atoms with Crippen molar-refractivity contribution in [3.05, 3.63) is 35.9 Å². The van der Waals surface area contributed by atoms with E-state index in [1.54, 1.807) is 72.7 Å². The highest BCUT2D eigenvalue weighted by Crippen LogP contribution is 2.26. The van der Waals surface area contributed by atoms with Gasteiger partial charge in [0.15, 0.2) is 12.1 Å². The fourth-order valence-corrected chi connectivity index (χ4v) is 9.51. The van der Waals surface area contributed by atoms with Crippen molar-refractivity contribution in [2.45, 2.75) is 189 Å². The first kappa shape index (κ1) is 60.7. The van der Waals surface area contributed by atoms with Crippen molar-refractivity contribution in [1.82, 2.24) is 40.9 Å². The highest BCUT2D eigenvalue weighted by Gasteiger charge is 2.47. The Bertz CT molecular complexity index is 2080. The Labute approximate surface area is 427 Å². The average Bonchev–Trinajstić information content (AvgIpc) is 3.81. The Kier molecular flexibility index (Phi) is 22.3. The van der Waals surface area contributed by atoms with E-state index in [4.69, 9.17) is 4.74 Å². The molecule has 0 saturated carbocycles. The lowest BCUT2D eigenvalue weighted by atomic mass is 9.94. The van der Waals surface area contributed by atoms with E-state index >= 15 is 0 Å². The van der Waals surface area contributed by atoms with Crippen molar-refractivity contribution in [2.75, 3.05) is 27.7 Å². The Morgan fingerprint density at radius 1 is 0.653 bits per heavy atom. The van der Waals surface area contributed by atoms with Crippen LogP contribution in [-0.4, -0.2) is 166 Å². The molecule has 404 valence electrons. The third-order valence-corrected chi connectivity index (χ3v) is 14.3. The standard InChI is InChI=1S/C53H86N8O11/c1-17-32(9)40-46(64)56-39(30(5)6)45(63)54-36(27-29(3)4)50(68)60(16)43(53(12,13)71)52(70)72-42(33(10)18-2)51(69)59(15)41(31(7)8)47(65)55-37(28-35-23-20-19-21-24-35)49(67)58(14)34(11)48(66)61-26-22-25-38(61)44(62)57-40/h19-21,23-24,29-34,36-43,71H,17-18,22,25-28H2,1-16H3,(H,54,63)(H,55,65)(H,56,64)(H,57,62)/t32-,33-,34+,36-,37-,38-,39-,40-,41-,42+,43+/m0/s1. The first-order chi connectivity index (χ1) is 33.5. The quantitative estimate of drug-likeness (QED) is 0.202. The van der Waals surface area contributed by atoms with Crippen LogP contribution in [0.2, 0.25) is 0 Å². The summed E-state index contributed by atoms with van der Waals surface area (Å²) in [6, 6.07) is -0.903. The van der Waals surface area contributed by atoms with Crippen LogP contribution in [-0.2, 0) is 54.3 Å². The molecule has 2 aliphatic heterocycles. The summed E-state index contributed by atoms with van der Waals surface area (Å²) in [5, 5.41) is 22.9. The summed E-state index contributed by atoms with van der Waals surface area (Å²) in [5.74, 6) is -8.70. The van der Waals surface area contributed by atoms with Gasteiger partial charge in [0.2, 0.25) is 41.4 Å². The minimum atomic E-state index is -1.96. The molecule has 3 rings (SSSR count). The number of carbonyl (C=O) groups excluding carboxylic acids is 9. The zero-order valence-corrected chi connectivity index (χ0v) is 45.7. The molecule has 8 amide bonds. The molecule has 0 unspecified atom stereocenters. The number of esters is 1. The molecular weight excluding hydrogens is 925 g/mol. The van der Waals surface area contributed by atoms with Gasteiger partial charge in [-0.15, -0.1) is 0 Å². The van der Waals surface area contributed by atoms with E-state index in [2.05, 4.69) is 21.3 Å². The van der Waals surface area contributed by atoms with E-state index in [0.29, 0.717) is 24.8 Å². The Balaban J connectivity index is 2.28. The van der Waals surface area contributed by atoms with Gasteiger partial charge in [-0.3, -0.25) is 38.4 Å². The minimum Gasteiger partial charge on any atom is -0.450 e. The number of hydrogen-bond acceptors (Lipinski definition) is 11. The van der Waals surface area contributed by atoms with Crippen molar-refractivity contribution in [3.63, 3.8) is 0 Å². The molecule has 2 heterocycles. The van der Waals surface area contributed by atoms with Gasteiger partial charge in [0.05, 0.1) is 5.60 Å². The molecule has 72 heavy (non-hydrogen) atoms. The van der Waals surface area contributed by atoms with Crippen molar-refractivity contribution in [3.8, 4) is 0 Å². The molecule has 0 spiro atoms. The van der Waals surface area contributed by atoms with Gasteiger partial charge in [-0.25, -0.2) is 4.79 Å². The number of hydrogen-bond donors (Lipinski definition) is 5. The molecule has 1 aromatic rings. The number of fused-ring (bicyclic) bond motifs is 1. The number of ether oxygens (including phenoxy) is 1. The summed E-state index contributed by atoms with van der Waals surface area (Å²) in [4.78, 5) is 135. The van der Waals surface area contributed by atoms with Crippen molar-refractivity contribution >= 4 is 53.2 Å². The molecule has 11 atom stereocenters. The molecule has 2 saturated heterocycles. The third-order valence-electron chi connectivity index (χ3n) is 14.3. The van der Waals surface area contributed by atoms with Gasteiger partial charge < -0.3 is 50.7 Å². The van der Waals surface area contributed by atoms with Gasteiger partial charge in [-0.05, 0) is 75.7 Å². The maximum absolute atomic E-state index is 14.7. The lowest BCUT2D eigenvalue weighted by Gasteiger charge is -2.39. The van der Waals surface area contributed by atoms with Crippen LogP contribution < -0.4 is 21.3 Å². The molecule has 0 aliphatic carbocycles. The predicted molar refractivity (Wildman–Crippen MR) is 272 cm³/mol. The van der Waals surface area contributed by atoms with Gasteiger partial charge in [-0.1, -0.05) is 106 Å². The SMILES string of the molecule is CC[C@H](C)[C@@H]1NC(=O)[C@@H]2CCCN2C(=O)[C@@H](C)N(C)C(=O)[C@H](Cc2ccccc2)NC(=O)[C@H](C(C)C)N(C)C(=O)[C@@H]([C@@H](C)CC)OC(=O)[C@H](C(C)(C)O)N(C)C(=O)[C@H](CC(C)C)NC(=O)[C@H](C(C)C)NC1=O. The molecule has 19 heteroatoms. The van der Waals surface area contributed by atoms with Crippen LogP contribution in [0.4, 0.5) is 0 Å². The van der Waals surface area contributed by atoms with Crippen LogP contribution in [0.15, 0.2) is 30.3 Å². The molecule has 2 fully saturated rings. The molecule has 1 aromatic carbocycles. The second-order valence-electron chi connectivity index (χ2n) is 21.7. The lowest BCUT2D eigenvalue weighted by Crippen LogP contribution is -2.63. The van der Waals surface area contributed by atoms with Crippen LogP contribution >= 0.6 is 0 Å². The van der Waals surface area contributed by atoms with Gasteiger partial charge >= 0.3 is 5.97 Å². The summed E-state index contributed by atoms with van der Waals surface area (Å²) in [7, 11) is 4.13. The lowest BCUT2D eigenvalue weighted by molar-refractivity contribution is -0.177. The van der Waals surface area contributed by atoms with E-state index in [9.17, 15) is 48.3 Å². The van der Waals surface area contributed by atoms with Crippen molar-refractivity contribution in [2.24, 2.45) is 29.6 Å². The van der Waals surface area contributed by atoms with E-state index in [-0.39, 0.29) is 31.7 Å². The number of amides is 8. The van der Waals surface area contributed by atoms with Gasteiger partial charge in [0, 0.05) is 40.0 Å². The summed E-state index contributed by atoms with van der Waals surface area (Å²) in [6.07, 6.45) is 0.149. The average molecular weight is 1010 g/mol. The van der Waals surface area contributed by atoms with Crippen LogP contribution in [0.1, 0.15) is 128 Å². The first-order valence-corrected chi connectivity index (χ1v) is 25.8. The highest BCUT2D eigenvalue weighted by molar-refractivity contribution is 5.99. The van der Waals surface area contributed by atoms with Gasteiger partial charge in [0.25, 0.3) is 5.91 Å². The normalized spacial score (nSPS) is 27.8. The summed E-state index contributed by atoms with van der Waals surface area (Å²) >= 11 is 0. The third kappa shape index (κ3) is 15.2. The smallest absolute Gasteiger partial charge is 0.332 e. The second-order valence-corrected chi connectivity index (χ2v) is 21.7. The number of cyclic esters (lactones) is 1. The molecule has 0 radical (unpaired) electrons. The number of nitrogens with zero attached hydrogens (tertiary/aromatic N) is 4. The molecule has 2 aliphatic rings.